The molecule has 0 N–H and O–H groups in total. The molecule has 8 heteroatoms. The van der Waals surface area contributed by atoms with Gasteiger partial charge in [-0.3, -0.25) is 14.6 Å². The molecular weight excluding hydrogens is 502 g/mol. The molecule has 2 amide bonds. The summed E-state index contributed by atoms with van der Waals surface area (Å²) in [7, 11) is 1.76. The Bertz CT molecular complexity index is 1490. The Labute approximate surface area is 234 Å². The Morgan fingerprint density at radius 2 is 1.70 bits per heavy atom. The second-order valence-electron chi connectivity index (χ2n) is 10.3. The van der Waals surface area contributed by atoms with Crippen LogP contribution in [0.3, 0.4) is 0 Å². The van der Waals surface area contributed by atoms with Gasteiger partial charge in [-0.2, -0.15) is 0 Å². The number of ether oxygens (including phenoxy) is 1. The summed E-state index contributed by atoms with van der Waals surface area (Å²) in [6, 6.07) is 17.7. The quantitative estimate of drug-likeness (QED) is 0.372. The van der Waals surface area contributed by atoms with E-state index in [9.17, 15) is 9.59 Å². The molecule has 40 heavy (non-hydrogen) atoms. The first-order valence-corrected chi connectivity index (χ1v) is 13.5. The van der Waals surface area contributed by atoms with Gasteiger partial charge < -0.3 is 14.5 Å². The number of likely N-dealkylation sites (N-methyl/N-ethyl adjacent to an activating group) is 1. The lowest BCUT2D eigenvalue weighted by atomic mass is 9.98. The minimum absolute atomic E-state index is 0.0866. The molecule has 1 aliphatic rings. The molecule has 3 heterocycles. The summed E-state index contributed by atoms with van der Waals surface area (Å²) in [4.78, 5) is 43.1. The summed E-state index contributed by atoms with van der Waals surface area (Å²) in [5, 5.41) is 0. The molecule has 0 aliphatic carbocycles. The van der Waals surface area contributed by atoms with Gasteiger partial charge in [0.1, 0.15) is 18.2 Å². The van der Waals surface area contributed by atoms with Crippen LogP contribution in [0.15, 0.2) is 79.4 Å². The van der Waals surface area contributed by atoms with Crippen molar-refractivity contribution in [3.8, 4) is 16.9 Å². The minimum atomic E-state index is -0.194. The summed E-state index contributed by atoms with van der Waals surface area (Å²) in [5.74, 6) is 1.33. The maximum Gasteiger partial charge on any atom is 0.257 e. The average Bonchev–Trinajstić information content (AvgIpc) is 2.98. The number of hydrogen-bond donors (Lipinski definition) is 0. The van der Waals surface area contributed by atoms with E-state index in [1.165, 1.54) is 0 Å². The predicted octanol–water partition coefficient (Wildman–Crippen LogP) is 4.86. The molecule has 8 nitrogen and oxygen atoms in total. The molecule has 204 valence electrons. The number of fused-ring (bicyclic) bond motifs is 3. The fourth-order valence-corrected chi connectivity index (χ4v) is 4.71. The van der Waals surface area contributed by atoms with E-state index < -0.39 is 0 Å². The first kappa shape index (κ1) is 27.0. The smallest absolute Gasteiger partial charge is 0.257 e. The Morgan fingerprint density at radius 1 is 0.900 bits per heavy atom. The van der Waals surface area contributed by atoms with Crippen LogP contribution in [0.5, 0.6) is 5.75 Å². The van der Waals surface area contributed by atoms with Gasteiger partial charge in [-0.15, -0.1) is 0 Å². The topological polar surface area (TPSA) is 88.5 Å². The Morgan fingerprint density at radius 3 is 2.45 bits per heavy atom. The number of benzene rings is 2. The standard InChI is InChI=1S/C32H33N5O3/c1-22(2)30-34-20-28(21-35-30)32(39)37-13-12-36(3)31(38)25-7-4-6-23(16-25)17-27-18-24(26-8-5-11-33-19-26)9-10-29(27)40-15-14-37/h4-11,16,18-22H,12-15,17H2,1-3H3. The number of aromatic nitrogens is 3. The van der Waals surface area contributed by atoms with Crippen LogP contribution < -0.4 is 4.74 Å². The second kappa shape index (κ2) is 12.1. The average molecular weight is 536 g/mol. The molecule has 0 saturated carbocycles. The number of carbonyl (C=O) groups excluding carboxylic acids is 2. The molecule has 0 radical (unpaired) electrons. The van der Waals surface area contributed by atoms with Gasteiger partial charge >= 0.3 is 0 Å². The summed E-state index contributed by atoms with van der Waals surface area (Å²) in [6.07, 6.45) is 7.33. The van der Waals surface area contributed by atoms with Crippen LogP contribution >= 0.6 is 0 Å². The first-order valence-electron chi connectivity index (χ1n) is 13.5. The van der Waals surface area contributed by atoms with Gasteiger partial charge in [0.05, 0.1) is 12.1 Å². The highest BCUT2D eigenvalue weighted by Gasteiger charge is 2.21. The zero-order chi connectivity index (χ0) is 28.1. The van der Waals surface area contributed by atoms with Crippen LogP contribution in [0.1, 0.15) is 57.4 Å². The van der Waals surface area contributed by atoms with Crippen molar-refractivity contribution in [2.75, 3.05) is 33.3 Å². The number of hydrogen-bond acceptors (Lipinski definition) is 6. The summed E-state index contributed by atoms with van der Waals surface area (Å²) in [6.45, 7) is 5.40. The Hall–Kier alpha value is -4.59. The fraction of sp³-hybridized carbons (Fsp3) is 0.281. The molecule has 0 spiro atoms. The van der Waals surface area contributed by atoms with Crippen LogP contribution in [0.25, 0.3) is 11.1 Å². The molecule has 2 aromatic carbocycles. The molecule has 0 saturated heterocycles. The molecular formula is C32H33N5O3. The number of amides is 2. The van der Waals surface area contributed by atoms with Crippen molar-refractivity contribution in [2.24, 2.45) is 0 Å². The lowest BCUT2D eigenvalue weighted by Crippen LogP contribution is -2.41. The highest BCUT2D eigenvalue weighted by Crippen LogP contribution is 2.29. The molecule has 0 atom stereocenters. The van der Waals surface area contributed by atoms with E-state index in [-0.39, 0.29) is 17.7 Å². The molecule has 4 aromatic rings. The number of nitrogens with zero attached hydrogens (tertiary/aromatic N) is 5. The molecule has 0 unspecified atom stereocenters. The lowest BCUT2D eigenvalue weighted by Gasteiger charge is -2.27. The zero-order valence-corrected chi connectivity index (χ0v) is 23.1. The van der Waals surface area contributed by atoms with Crippen molar-refractivity contribution in [1.29, 1.82) is 0 Å². The van der Waals surface area contributed by atoms with E-state index >= 15 is 0 Å². The normalized spacial score (nSPS) is 14.3. The second-order valence-corrected chi connectivity index (χ2v) is 10.3. The van der Waals surface area contributed by atoms with E-state index in [0.29, 0.717) is 49.6 Å². The molecule has 1 aliphatic heterocycles. The van der Waals surface area contributed by atoms with Crippen LogP contribution in [0.4, 0.5) is 0 Å². The summed E-state index contributed by atoms with van der Waals surface area (Å²) >= 11 is 0. The van der Waals surface area contributed by atoms with E-state index in [0.717, 1.165) is 28.0 Å². The predicted molar refractivity (Wildman–Crippen MR) is 153 cm³/mol. The first-order chi connectivity index (χ1) is 19.4. The van der Waals surface area contributed by atoms with E-state index in [1.54, 1.807) is 35.4 Å². The summed E-state index contributed by atoms with van der Waals surface area (Å²) < 4.78 is 6.29. The monoisotopic (exact) mass is 535 g/mol. The van der Waals surface area contributed by atoms with Crippen molar-refractivity contribution in [3.63, 3.8) is 0 Å². The third kappa shape index (κ3) is 6.17. The van der Waals surface area contributed by atoms with E-state index in [2.05, 4.69) is 21.0 Å². The van der Waals surface area contributed by atoms with Gasteiger partial charge in [-0.1, -0.05) is 38.1 Å². The molecule has 5 rings (SSSR count). The molecule has 2 aromatic heterocycles. The van der Waals surface area contributed by atoms with Crippen LogP contribution in [0, 0.1) is 0 Å². The van der Waals surface area contributed by atoms with Crippen molar-refractivity contribution >= 4 is 11.8 Å². The Balaban J connectivity index is 1.47. The van der Waals surface area contributed by atoms with Gasteiger partial charge in [0, 0.05) is 68.4 Å². The van der Waals surface area contributed by atoms with Gasteiger partial charge in [0.2, 0.25) is 0 Å². The van der Waals surface area contributed by atoms with Crippen molar-refractivity contribution in [3.05, 3.63) is 107 Å². The number of pyridine rings is 1. The van der Waals surface area contributed by atoms with Crippen molar-refractivity contribution in [1.82, 2.24) is 24.8 Å². The van der Waals surface area contributed by atoms with Crippen LogP contribution in [0.2, 0.25) is 0 Å². The SMILES string of the molecule is CC(C)c1ncc(C(=O)N2CCOc3ccc(-c4cccnc4)cc3Cc3cccc(c3)C(=O)N(C)CC2)cn1. The van der Waals surface area contributed by atoms with E-state index in [1.807, 2.05) is 68.6 Å². The van der Waals surface area contributed by atoms with Crippen molar-refractivity contribution in [2.45, 2.75) is 26.2 Å². The zero-order valence-electron chi connectivity index (χ0n) is 23.1. The highest BCUT2D eigenvalue weighted by atomic mass is 16.5. The maximum atomic E-state index is 13.5. The minimum Gasteiger partial charge on any atom is -0.491 e. The van der Waals surface area contributed by atoms with Crippen molar-refractivity contribution < 1.29 is 14.3 Å². The third-order valence-electron chi connectivity index (χ3n) is 7.02. The fourth-order valence-electron chi connectivity index (χ4n) is 4.71. The third-order valence-corrected chi connectivity index (χ3v) is 7.02. The largest absolute Gasteiger partial charge is 0.491 e. The highest BCUT2D eigenvalue weighted by molar-refractivity contribution is 5.95. The van der Waals surface area contributed by atoms with E-state index in [4.69, 9.17) is 4.74 Å². The maximum absolute atomic E-state index is 13.5. The number of rotatable bonds is 3. The van der Waals surface area contributed by atoms with Crippen LogP contribution in [-0.2, 0) is 6.42 Å². The van der Waals surface area contributed by atoms with Gasteiger partial charge in [-0.25, -0.2) is 9.97 Å². The lowest BCUT2D eigenvalue weighted by molar-refractivity contribution is 0.0667. The molecule has 0 fully saturated rings. The molecule has 2 bridgehead atoms. The number of carbonyl (C=O) groups is 2. The van der Waals surface area contributed by atoms with Crippen LogP contribution in [-0.4, -0.2) is 69.9 Å². The Kier molecular flexibility index (Phi) is 8.15. The summed E-state index contributed by atoms with van der Waals surface area (Å²) in [5.41, 5.74) is 5.08. The van der Waals surface area contributed by atoms with Gasteiger partial charge in [0.15, 0.2) is 0 Å². The van der Waals surface area contributed by atoms with Gasteiger partial charge in [0.25, 0.3) is 11.8 Å². The van der Waals surface area contributed by atoms with Gasteiger partial charge in [-0.05, 0) is 47.0 Å².